The zero-order chi connectivity index (χ0) is 38.2. The van der Waals surface area contributed by atoms with Crippen LogP contribution in [0.15, 0.2) is 206 Å². The number of aromatic nitrogens is 1. The van der Waals surface area contributed by atoms with Gasteiger partial charge in [0.25, 0.3) is 0 Å². The average molecular weight is 755 g/mol. The number of para-hydroxylation sites is 3. The summed E-state index contributed by atoms with van der Waals surface area (Å²) in [5.74, 6) is 0. The predicted molar refractivity (Wildman–Crippen MR) is 243 cm³/mol. The van der Waals surface area contributed by atoms with Crippen LogP contribution in [0.3, 0.4) is 0 Å². The Balaban J connectivity index is 1.08. The molecule has 0 fully saturated rings. The normalized spacial score (nSPS) is 12.8. The summed E-state index contributed by atoms with van der Waals surface area (Å²) in [5.41, 5.74) is 13.8. The van der Waals surface area contributed by atoms with Gasteiger partial charge in [-0.1, -0.05) is 146 Å². The van der Waals surface area contributed by atoms with E-state index in [9.17, 15) is 0 Å². The van der Waals surface area contributed by atoms with Crippen molar-refractivity contribution in [1.82, 2.24) is 4.57 Å². The van der Waals surface area contributed by atoms with Crippen molar-refractivity contribution in [3.8, 4) is 16.8 Å². The van der Waals surface area contributed by atoms with Crippen LogP contribution in [-0.4, -0.2) is 4.57 Å². The van der Waals surface area contributed by atoms with Gasteiger partial charge in [0.05, 0.1) is 16.4 Å². The van der Waals surface area contributed by atoms with Gasteiger partial charge in [0.2, 0.25) is 0 Å². The van der Waals surface area contributed by atoms with Crippen LogP contribution in [0, 0.1) is 12.1 Å². The van der Waals surface area contributed by atoms with Crippen molar-refractivity contribution in [3.05, 3.63) is 241 Å². The van der Waals surface area contributed by atoms with Gasteiger partial charge >= 0.3 is 0 Å². The fraction of sp³-hybridized carbons (Fsp3) is 0.0182. The minimum Gasteiger partial charge on any atom is -0.310 e. The van der Waals surface area contributed by atoms with E-state index in [1.807, 2.05) is 17.4 Å². The van der Waals surface area contributed by atoms with E-state index in [0.717, 1.165) is 28.3 Å². The highest BCUT2D eigenvalue weighted by atomic mass is 32.1. The molecule has 3 heteroatoms. The average Bonchev–Trinajstić information content (AvgIpc) is 3.94. The Hall–Kier alpha value is -7.38. The second kappa shape index (κ2) is 12.8. The Bertz CT molecular complexity index is 3300. The third-order valence-electron chi connectivity index (χ3n) is 12.1. The molecule has 0 saturated carbocycles. The summed E-state index contributed by atoms with van der Waals surface area (Å²) in [6.45, 7) is 0. The van der Waals surface area contributed by atoms with Gasteiger partial charge in [0, 0.05) is 59.3 Å². The summed E-state index contributed by atoms with van der Waals surface area (Å²) in [4.78, 5) is 2.40. The largest absolute Gasteiger partial charge is 0.310 e. The number of benzene rings is 8. The van der Waals surface area contributed by atoms with Crippen molar-refractivity contribution in [2.45, 2.75) is 5.41 Å². The van der Waals surface area contributed by atoms with Gasteiger partial charge < -0.3 is 9.47 Å². The van der Waals surface area contributed by atoms with Crippen LogP contribution < -0.4 is 4.90 Å². The summed E-state index contributed by atoms with van der Waals surface area (Å²) in [7, 11) is 0. The number of hydrogen-bond donors (Lipinski definition) is 0. The first-order chi connectivity index (χ1) is 28.8. The van der Waals surface area contributed by atoms with Gasteiger partial charge in [-0.3, -0.25) is 0 Å². The van der Waals surface area contributed by atoms with Crippen molar-refractivity contribution < 1.29 is 0 Å². The van der Waals surface area contributed by atoms with Gasteiger partial charge in [-0.05, 0) is 101 Å². The standard InChI is InChI=1S/C55H34N2S/c1-4-17-37(18-5-1)55(48-27-13-10-23-42(48)43-24-11-14-28-49(43)55)50-29-16-26-46-45-33-31-41(36-53(45)58-54(46)50)56(38-19-6-2-7-20-38)40-32-34-52-47(35-40)44-25-12-15-30-51(44)57(52)39-21-8-3-9-22-39/h1-13,15-27,29-36H. The molecule has 0 radical (unpaired) electrons. The Labute approximate surface area is 341 Å². The van der Waals surface area contributed by atoms with Gasteiger partial charge in [-0.15, -0.1) is 11.3 Å². The highest BCUT2D eigenvalue weighted by Gasteiger charge is 2.47. The molecule has 0 N–H and O–H groups in total. The molecule has 270 valence electrons. The number of anilines is 3. The fourth-order valence-electron chi connectivity index (χ4n) is 9.71. The molecule has 2 aromatic heterocycles. The SMILES string of the molecule is c1ccc2c(c#1)C(c1ccccc1)(c1cccc3c1sc1cc(N(c4ccccc4)c4ccc5c(c4)c4ccccc4n5-c4ccccc4)ccc13)c1ccccc1-2. The number of hydrogen-bond acceptors (Lipinski definition) is 2. The lowest BCUT2D eigenvalue weighted by atomic mass is 9.68. The number of fused-ring (bicyclic) bond motifs is 9. The summed E-state index contributed by atoms with van der Waals surface area (Å²) in [5, 5.41) is 4.99. The van der Waals surface area contributed by atoms with E-state index in [2.05, 4.69) is 222 Å². The van der Waals surface area contributed by atoms with Crippen LogP contribution in [0.1, 0.15) is 22.3 Å². The smallest absolute Gasteiger partial charge is 0.0806 e. The lowest BCUT2D eigenvalue weighted by Gasteiger charge is -2.33. The van der Waals surface area contributed by atoms with E-state index in [1.54, 1.807) is 0 Å². The Morgan fingerprint density at radius 2 is 1.14 bits per heavy atom. The van der Waals surface area contributed by atoms with E-state index in [-0.39, 0.29) is 0 Å². The van der Waals surface area contributed by atoms with Crippen LogP contribution in [0.4, 0.5) is 17.1 Å². The minimum atomic E-state index is -0.543. The summed E-state index contributed by atoms with van der Waals surface area (Å²) in [6, 6.07) is 82.1. The first-order valence-corrected chi connectivity index (χ1v) is 20.6. The molecule has 12 rings (SSSR count). The van der Waals surface area contributed by atoms with Gasteiger partial charge in [-0.2, -0.15) is 0 Å². The zero-order valence-electron chi connectivity index (χ0n) is 31.4. The third-order valence-corrected chi connectivity index (χ3v) is 13.3. The second-order valence-corrected chi connectivity index (χ2v) is 16.1. The number of rotatable bonds is 6. The number of thiophene rings is 1. The van der Waals surface area contributed by atoms with Crippen LogP contribution in [-0.2, 0) is 5.41 Å². The van der Waals surface area contributed by atoms with Crippen molar-refractivity contribution in [2.24, 2.45) is 0 Å². The molecular formula is C55H34N2S. The molecule has 1 aliphatic carbocycles. The molecule has 1 unspecified atom stereocenters. The van der Waals surface area contributed by atoms with E-state index >= 15 is 0 Å². The molecule has 2 nitrogen and oxygen atoms in total. The lowest BCUT2D eigenvalue weighted by molar-refractivity contribution is 0.778. The highest BCUT2D eigenvalue weighted by Crippen LogP contribution is 2.58. The molecule has 11 aromatic rings. The number of nitrogens with zero attached hydrogens (tertiary/aromatic N) is 2. The van der Waals surface area contributed by atoms with Crippen molar-refractivity contribution in [3.63, 3.8) is 0 Å². The fourth-order valence-corrected chi connectivity index (χ4v) is 11.0. The maximum Gasteiger partial charge on any atom is 0.0806 e. The molecule has 58 heavy (non-hydrogen) atoms. The summed E-state index contributed by atoms with van der Waals surface area (Å²) < 4.78 is 4.92. The molecule has 0 spiro atoms. The van der Waals surface area contributed by atoms with E-state index < -0.39 is 5.41 Å². The Morgan fingerprint density at radius 1 is 0.466 bits per heavy atom. The molecule has 1 aliphatic rings. The maximum absolute atomic E-state index is 3.65. The van der Waals surface area contributed by atoms with Crippen LogP contribution >= 0.6 is 11.3 Å². The van der Waals surface area contributed by atoms with Crippen LogP contribution in [0.5, 0.6) is 0 Å². The molecule has 0 bridgehead atoms. The molecular weight excluding hydrogens is 721 g/mol. The zero-order valence-corrected chi connectivity index (χ0v) is 32.2. The Morgan fingerprint density at radius 3 is 2.00 bits per heavy atom. The quantitative estimate of drug-likeness (QED) is 0.164. The first-order valence-electron chi connectivity index (χ1n) is 19.8. The van der Waals surface area contributed by atoms with Gasteiger partial charge in [0.1, 0.15) is 0 Å². The van der Waals surface area contributed by atoms with Gasteiger partial charge in [0.15, 0.2) is 0 Å². The van der Waals surface area contributed by atoms with E-state index in [1.165, 1.54) is 69.8 Å². The van der Waals surface area contributed by atoms with Crippen LogP contribution in [0.2, 0.25) is 0 Å². The van der Waals surface area contributed by atoms with Crippen LogP contribution in [0.25, 0.3) is 58.8 Å². The molecule has 2 heterocycles. The molecule has 0 saturated heterocycles. The van der Waals surface area contributed by atoms with Crippen molar-refractivity contribution in [1.29, 1.82) is 0 Å². The van der Waals surface area contributed by atoms with E-state index in [0.29, 0.717) is 0 Å². The summed E-state index contributed by atoms with van der Waals surface area (Å²) >= 11 is 1.89. The molecule has 0 aliphatic heterocycles. The van der Waals surface area contributed by atoms with E-state index in [4.69, 9.17) is 0 Å². The topological polar surface area (TPSA) is 8.17 Å². The molecule has 9 aromatic carbocycles. The van der Waals surface area contributed by atoms with Crippen molar-refractivity contribution >= 4 is 70.4 Å². The lowest BCUT2D eigenvalue weighted by Crippen LogP contribution is -2.28. The first kappa shape index (κ1) is 32.8. The monoisotopic (exact) mass is 754 g/mol. The third kappa shape index (κ3) is 4.67. The van der Waals surface area contributed by atoms with Gasteiger partial charge in [-0.25, -0.2) is 0 Å². The summed E-state index contributed by atoms with van der Waals surface area (Å²) in [6.07, 6.45) is 0. The minimum absolute atomic E-state index is 0.543. The van der Waals surface area contributed by atoms with Crippen molar-refractivity contribution in [2.75, 3.05) is 4.90 Å². The second-order valence-electron chi connectivity index (χ2n) is 15.1. The highest BCUT2D eigenvalue weighted by molar-refractivity contribution is 7.26. The predicted octanol–water partition coefficient (Wildman–Crippen LogP) is 14.6. The molecule has 1 atom stereocenters. The maximum atomic E-state index is 3.65. The Kier molecular flexibility index (Phi) is 7.26. The molecule has 0 amide bonds.